The summed E-state index contributed by atoms with van der Waals surface area (Å²) in [6, 6.07) is 9.55. The Bertz CT molecular complexity index is 575. The van der Waals surface area contributed by atoms with E-state index in [4.69, 9.17) is 5.11 Å². The van der Waals surface area contributed by atoms with E-state index in [-0.39, 0.29) is 18.6 Å². The van der Waals surface area contributed by atoms with E-state index in [1.54, 1.807) is 0 Å². The molecule has 1 atom stereocenters. The molecule has 2 aromatic rings. The van der Waals surface area contributed by atoms with E-state index in [9.17, 15) is 13.2 Å². The highest BCUT2D eigenvalue weighted by atomic mass is 19.4. The fourth-order valence-corrected chi connectivity index (χ4v) is 1.88. The van der Waals surface area contributed by atoms with Gasteiger partial charge in [-0.15, -0.1) is 0 Å². The van der Waals surface area contributed by atoms with Gasteiger partial charge in [0.15, 0.2) is 0 Å². The van der Waals surface area contributed by atoms with Crippen LogP contribution < -0.4 is 5.32 Å². The summed E-state index contributed by atoms with van der Waals surface area (Å²) in [5.41, 5.74) is -0.164. The number of nitrogens with one attached hydrogen (secondary N) is 1. The maximum absolute atomic E-state index is 12.6. The van der Waals surface area contributed by atoms with Gasteiger partial charge in [0.05, 0.1) is 6.04 Å². The number of aromatic nitrogens is 2. The molecule has 0 unspecified atom stereocenters. The average Bonchev–Trinajstić information content (AvgIpc) is 2.47. The Kier molecular flexibility index (Phi) is 4.74. The maximum Gasteiger partial charge on any atom is 0.433 e. The first kappa shape index (κ1) is 15.2. The van der Waals surface area contributed by atoms with Crippen LogP contribution in [0.25, 0.3) is 0 Å². The van der Waals surface area contributed by atoms with Crippen LogP contribution >= 0.6 is 0 Å². The van der Waals surface area contributed by atoms with Crippen molar-refractivity contribution in [3.8, 4) is 0 Å². The molecule has 0 aliphatic heterocycles. The molecule has 0 radical (unpaired) electrons. The van der Waals surface area contributed by atoms with Crippen LogP contribution in [0.15, 0.2) is 42.6 Å². The number of aliphatic hydroxyl groups excluding tert-OH is 1. The SMILES string of the molecule is OCC[C@@H](Nc1nccc(C(F)(F)F)n1)c1ccccc1. The quantitative estimate of drug-likeness (QED) is 0.890. The molecule has 1 aromatic carbocycles. The van der Waals surface area contributed by atoms with Crippen molar-refractivity contribution < 1.29 is 18.3 Å². The molecule has 0 aliphatic carbocycles. The van der Waals surface area contributed by atoms with E-state index in [1.165, 1.54) is 0 Å². The van der Waals surface area contributed by atoms with E-state index in [0.717, 1.165) is 17.8 Å². The van der Waals surface area contributed by atoms with Crippen molar-refractivity contribution in [2.24, 2.45) is 0 Å². The molecule has 4 nitrogen and oxygen atoms in total. The van der Waals surface area contributed by atoms with E-state index in [2.05, 4.69) is 15.3 Å². The highest BCUT2D eigenvalue weighted by molar-refractivity contribution is 5.32. The Morgan fingerprint density at radius 3 is 2.48 bits per heavy atom. The van der Waals surface area contributed by atoms with Crippen molar-refractivity contribution in [1.29, 1.82) is 0 Å². The predicted octanol–water partition coefficient (Wildman–Crippen LogP) is 3.03. The second-order valence-electron chi connectivity index (χ2n) is 4.38. The summed E-state index contributed by atoms with van der Waals surface area (Å²) in [4.78, 5) is 7.26. The van der Waals surface area contributed by atoms with Gasteiger partial charge in [-0.25, -0.2) is 9.97 Å². The summed E-state index contributed by atoms with van der Waals surface area (Å²) >= 11 is 0. The molecule has 0 saturated heterocycles. The van der Waals surface area contributed by atoms with Crippen molar-refractivity contribution in [3.05, 3.63) is 53.9 Å². The fourth-order valence-electron chi connectivity index (χ4n) is 1.88. The van der Waals surface area contributed by atoms with Gasteiger partial charge in [0.25, 0.3) is 0 Å². The molecule has 112 valence electrons. The van der Waals surface area contributed by atoms with Crippen molar-refractivity contribution in [1.82, 2.24) is 9.97 Å². The lowest BCUT2D eigenvalue weighted by Crippen LogP contribution is -2.16. The molecule has 0 aliphatic rings. The summed E-state index contributed by atoms with van der Waals surface area (Å²) < 4.78 is 37.9. The predicted molar refractivity (Wildman–Crippen MR) is 71.5 cm³/mol. The topological polar surface area (TPSA) is 58.0 Å². The summed E-state index contributed by atoms with van der Waals surface area (Å²) in [5, 5.41) is 11.9. The molecular formula is C14H14F3N3O. The van der Waals surface area contributed by atoms with E-state index < -0.39 is 11.9 Å². The van der Waals surface area contributed by atoms with Crippen LogP contribution in [0.4, 0.5) is 19.1 Å². The van der Waals surface area contributed by atoms with Gasteiger partial charge in [-0.05, 0) is 18.1 Å². The summed E-state index contributed by atoms with van der Waals surface area (Å²) in [6.07, 6.45) is -3.12. The average molecular weight is 297 g/mol. The van der Waals surface area contributed by atoms with Gasteiger partial charge in [0.2, 0.25) is 5.95 Å². The molecule has 0 fully saturated rings. The Morgan fingerprint density at radius 2 is 1.86 bits per heavy atom. The highest BCUT2D eigenvalue weighted by Crippen LogP contribution is 2.28. The normalized spacial score (nSPS) is 13.0. The van der Waals surface area contributed by atoms with Gasteiger partial charge >= 0.3 is 6.18 Å². The third-order valence-corrected chi connectivity index (χ3v) is 2.87. The number of hydrogen-bond donors (Lipinski definition) is 2. The maximum atomic E-state index is 12.6. The van der Waals surface area contributed by atoms with E-state index in [1.807, 2.05) is 30.3 Å². The van der Waals surface area contributed by atoms with Gasteiger partial charge in [-0.1, -0.05) is 30.3 Å². The van der Waals surface area contributed by atoms with Crippen LogP contribution in [0.1, 0.15) is 23.7 Å². The number of alkyl halides is 3. The minimum atomic E-state index is -4.52. The number of aliphatic hydroxyl groups is 1. The zero-order valence-electron chi connectivity index (χ0n) is 11.0. The second kappa shape index (κ2) is 6.53. The second-order valence-corrected chi connectivity index (χ2v) is 4.38. The zero-order chi connectivity index (χ0) is 15.3. The van der Waals surface area contributed by atoms with Gasteiger partial charge in [-0.3, -0.25) is 0 Å². The molecule has 0 saturated carbocycles. The van der Waals surface area contributed by atoms with Crippen LogP contribution in [-0.2, 0) is 6.18 Å². The largest absolute Gasteiger partial charge is 0.433 e. The van der Waals surface area contributed by atoms with Gasteiger partial charge in [0, 0.05) is 12.8 Å². The number of benzene rings is 1. The third kappa shape index (κ3) is 4.16. The summed E-state index contributed by atoms with van der Waals surface area (Å²) in [7, 11) is 0. The van der Waals surface area contributed by atoms with Crippen LogP contribution in [-0.4, -0.2) is 21.7 Å². The molecule has 0 spiro atoms. The molecule has 2 N–H and O–H groups in total. The van der Waals surface area contributed by atoms with E-state index in [0.29, 0.717) is 6.42 Å². The number of halogens is 3. The van der Waals surface area contributed by atoms with Crippen LogP contribution in [0, 0.1) is 0 Å². The van der Waals surface area contributed by atoms with Crippen molar-refractivity contribution >= 4 is 5.95 Å². The monoisotopic (exact) mass is 297 g/mol. The lowest BCUT2D eigenvalue weighted by molar-refractivity contribution is -0.141. The van der Waals surface area contributed by atoms with Crippen LogP contribution in [0.2, 0.25) is 0 Å². The van der Waals surface area contributed by atoms with Crippen molar-refractivity contribution in [2.75, 3.05) is 11.9 Å². The number of rotatable bonds is 5. The summed E-state index contributed by atoms with van der Waals surface area (Å²) in [6.45, 7) is -0.106. The lowest BCUT2D eigenvalue weighted by Gasteiger charge is -2.18. The number of nitrogens with zero attached hydrogens (tertiary/aromatic N) is 2. The molecule has 1 heterocycles. The number of anilines is 1. The Labute approximate surface area is 119 Å². The van der Waals surface area contributed by atoms with Gasteiger partial charge < -0.3 is 10.4 Å². The third-order valence-electron chi connectivity index (χ3n) is 2.87. The van der Waals surface area contributed by atoms with Crippen LogP contribution in [0.5, 0.6) is 0 Å². The van der Waals surface area contributed by atoms with Crippen LogP contribution in [0.3, 0.4) is 0 Å². The lowest BCUT2D eigenvalue weighted by atomic mass is 10.0. The molecular weight excluding hydrogens is 283 g/mol. The fraction of sp³-hybridized carbons (Fsp3) is 0.286. The van der Waals surface area contributed by atoms with Gasteiger partial charge in [0.1, 0.15) is 5.69 Å². The number of hydrogen-bond acceptors (Lipinski definition) is 4. The van der Waals surface area contributed by atoms with E-state index >= 15 is 0 Å². The van der Waals surface area contributed by atoms with Gasteiger partial charge in [-0.2, -0.15) is 13.2 Å². The molecule has 7 heteroatoms. The zero-order valence-corrected chi connectivity index (χ0v) is 11.0. The Hall–Kier alpha value is -2.15. The van der Waals surface area contributed by atoms with Crippen molar-refractivity contribution in [3.63, 3.8) is 0 Å². The minimum Gasteiger partial charge on any atom is -0.396 e. The van der Waals surface area contributed by atoms with Crippen molar-refractivity contribution in [2.45, 2.75) is 18.6 Å². The first-order valence-electron chi connectivity index (χ1n) is 6.33. The Balaban J connectivity index is 2.21. The molecule has 0 bridgehead atoms. The first-order chi connectivity index (χ1) is 10.0. The minimum absolute atomic E-state index is 0.106. The Morgan fingerprint density at radius 1 is 1.14 bits per heavy atom. The molecule has 1 aromatic heterocycles. The molecule has 0 amide bonds. The molecule has 21 heavy (non-hydrogen) atoms. The smallest absolute Gasteiger partial charge is 0.396 e. The highest BCUT2D eigenvalue weighted by Gasteiger charge is 2.32. The molecule has 2 rings (SSSR count). The standard InChI is InChI=1S/C14H14F3N3O/c15-14(16,17)12-6-8-18-13(20-12)19-11(7-9-21)10-4-2-1-3-5-10/h1-6,8,11,21H,7,9H2,(H,18,19,20)/t11-/m1/s1. The first-order valence-corrected chi connectivity index (χ1v) is 6.33. The summed E-state index contributed by atoms with van der Waals surface area (Å²) in [5.74, 6) is -0.118.